The maximum atomic E-state index is 14.0. The SMILES string of the molecule is CCOC(=O)c1cc(SC2CCCCC2)c(F)cc1N. The number of nitrogen functional groups attached to an aromatic ring is 1. The number of anilines is 1. The normalized spacial score (nSPS) is 16.1. The van der Waals surface area contributed by atoms with Crippen molar-refractivity contribution < 1.29 is 13.9 Å². The fourth-order valence-electron chi connectivity index (χ4n) is 2.41. The molecule has 0 spiro atoms. The Morgan fingerprint density at radius 1 is 1.40 bits per heavy atom. The number of ether oxygens (including phenoxy) is 1. The molecule has 1 aliphatic carbocycles. The number of hydrogen-bond donors (Lipinski definition) is 1. The molecule has 0 bridgehead atoms. The second-order valence-electron chi connectivity index (χ2n) is 4.97. The number of nitrogens with two attached hydrogens (primary N) is 1. The molecule has 1 aliphatic rings. The quantitative estimate of drug-likeness (QED) is 0.674. The van der Waals surface area contributed by atoms with Crippen LogP contribution in [0, 0.1) is 5.82 Å². The van der Waals surface area contributed by atoms with Gasteiger partial charge in [0.05, 0.1) is 12.2 Å². The first-order valence-electron chi connectivity index (χ1n) is 7.04. The summed E-state index contributed by atoms with van der Waals surface area (Å²) in [5.41, 5.74) is 6.09. The lowest BCUT2D eigenvalue weighted by molar-refractivity contribution is 0.0527. The van der Waals surface area contributed by atoms with Crippen LogP contribution in [0.5, 0.6) is 0 Å². The number of carbonyl (C=O) groups is 1. The summed E-state index contributed by atoms with van der Waals surface area (Å²) in [4.78, 5) is 12.3. The lowest BCUT2D eigenvalue weighted by Gasteiger charge is -2.21. The molecule has 2 rings (SSSR count). The van der Waals surface area contributed by atoms with Crippen molar-refractivity contribution in [1.82, 2.24) is 0 Å². The van der Waals surface area contributed by atoms with E-state index in [1.807, 2.05) is 0 Å². The van der Waals surface area contributed by atoms with Gasteiger partial charge in [-0.2, -0.15) is 0 Å². The third-order valence-electron chi connectivity index (χ3n) is 3.45. The smallest absolute Gasteiger partial charge is 0.340 e. The van der Waals surface area contributed by atoms with Crippen molar-refractivity contribution in [1.29, 1.82) is 0 Å². The van der Waals surface area contributed by atoms with Gasteiger partial charge in [-0.25, -0.2) is 9.18 Å². The summed E-state index contributed by atoms with van der Waals surface area (Å²) in [6, 6.07) is 2.75. The Hall–Kier alpha value is -1.23. The molecule has 0 saturated heterocycles. The van der Waals surface area contributed by atoms with Crippen molar-refractivity contribution >= 4 is 23.4 Å². The largest absolute Gasteiger partial charge is 0.462 e. The first-order chi connectivity index (χ1) is 9.61. The minimum Gasteiger partial charge on any atom is -0.462 e. The monoisotopic (exact) mass is 297 g/mol. The van der Waals surface area contributed by atoms with Crippen LogP contribution in [0.25, 0.3) is 0 Å². The van der Waals surface area contributed by atoms with E-state index in [9.17, 15) is 9.18 Å². The highest BCUT2D eigenvalue weighted by atomic mass is 32.2. The molecule has 0 aromatic heterocycles. The van der Waals surface area contributed by atoms with Gasteiger partial charge in [0.25, 0.3) is 0 Å². The van der Waals surface area contributed by atoms with Crippen molar-refractivity contribution in [3.63, 3.8) is 0 Å². The van der Waals surface area contributed by atoms with E-state index < -0.39 is 5.97 Å². The van der Waals surface area contributed by atoms with Crippen molar-refractivity contribution in [3.8, 4) is 0 Å². The molecule has 0 amide bonds. The topological polar surface area (TPSA) is 52.3 Å². The molecule has 0 aliphatic heterocycles. The van der Waals surface area contributed by atoms with Gasteiger partial charge in [0.2, 0.25) is 0 Å². The highest BCUT2D eigenvalue weighted by Gasteiger charge is 2.20. The Kier molecular flexibility index (Phi) is 5.29. The van der Waals surface area contributed by atoms with Crippen LogP contribution >= 0.6 is 11.8 Å². The fourth-order valence-corrected chi connectivity index (χ4v) is 3.69. The number of esters is 1. The van der Waals surface area contributed by atoms with Crippen LogP contribution in [0.1, 0.15) is 49.4 Å². The molecule has 110 valence electrons. The summed E-state index contributed by atoms with van der Waals surface area (Å²) in [5, 5.41) is 0.428. The van der Waals surface area contributed by atoms with E-state index in [1.54, 1.807) is 6.92 Å². The van der Waals surface area contributed by atoms with Gasteiger partial charge in [-0.1, -0.05) is 19.3 Å². The Labute approximate surface area is 123 Å². The average molecular weight is 297 g/mol. The summed E-state index contributed by atoms with van der Waals surface area (Å²) in [6.45, 7) is 2.01. The zero-order chi connectivity index (χ0) is 14.5. The molecule has 0 atom stereocenters. The average Bonchev–Trinajstić information content (AvgIpc) is 2.43. The summed E-state index contributed by atoms with van der Waals surface area (Å²) >= 11 is 1.51. The van der Waals surface area contributed by atoms with Gasteiger partial charge in [-0.05, 0) is 31.9 Å². The van der Waals surface area contributed by atoms with Crippen LogP contribution < -0.4 is 5.73 Å². The van der Waals surface area contributed by atoms with Gasteiger partial charge < -0.3 is 10.5 Å². The van der Waals surface area contributed by atoms with E-state index in [-0.39, 0.29) is 23.7 Å². The molecule has 2 N–H and O–H groups in total. The molecule has 5 heteroatoms. The van der Waals surface area contributed by atoms with Crippen molar-refractivity contribution in [2.45, 2.75) is 49.2 Å². The van der Waals surface area contributed by atoms with Gasteiger partial charge in [-0.3, -0.25) is 0 Å². The minimum atomic E-state index is -0.490. The van der Waals surface area contributed by atoms with Crippen LogP contribution in [0.2, 0.25) is 0 Å². The Morgan fingerprint density at radius 2 is 2.10 bits per heavy atom. The maximum absolute atomic E-state index is 14.0. The second kappa shape index (κ2) is 6.97. The van der Waals surface area contributed by atoms with Gasteiger partial charge >= 0.3 is 5.97 Å². The van der Waals surface area contributed by atoms with Crippen LogP contribution in [0.15, 0.2) is 17.0 Å². The Morgan fingerprint density at radius 3 is 2.75 bits per heavy atom. The number of hydrogen-bond acceptors (Lipinski definition) is 4. The van der Waals surface area contributed by atoms with Crippen LogP contribution in [-0.2, 0) is 4.74 Å². The lowest BCUT2D eigenvalue weighted by atomic mass is 10.0. The first kappa shape index (κ1) is 15.2. The van der Waals surface area contributed by atoms with E-state index in [2.05, 4.69) is 0 Å². The van der Waals surface area contributed by atoms with Gasteiger partial charge in [0.1, 0.15) is 5.82 Å². The fraction of sp³-hybridized carbons (Fsp3) is 0.533. The number of carbonyl (C=O) groups excluding carboxylic acids is 1. The van der Waals surface area contributed by atoms with Crippen LogP contribution in [-0.4, -0.2) is 17.8 Å². The van der Waals surface area contributed by atoms with Gasteiger partial charge in [0, 0.05) is 15.8 Å². The van der Waals surface area contributed by atoms with Gasteiger partial charge in [-0.15, -0.1) is 11.8 Å². The molecule has 0 unspecified atom stereocenters. The Balaban J connectivity index is 2.19. The molecule has 3 nitrogen and oxygen atoms in total. The molecule has 1 fully saturated rings. The predicted molar refractivity (Wildman–Crippen MR) is 79.5 cm³/mol. The van der Waals surface area contributed by atoms with Crippen molar-refractivity contribution in [2.24, 2.45) is 0 Å². The van der Waals surface area contributed by atoms with Crippen molar-refractivity contribution in [2.75, 3.05) is 12.3 Å². The molecule has 0 heterocycles. The van der Waals surface area contributed by atoms with Crippen LogP contribution in [0.3, 0.4) is 0 Å². The maximum Gasteiger partial charge on any atom is 0.340 e. The zero-order valence-electron chi connectivity index (χ0n) is 11.7. The van der Waals surface area contributed by atoms with Gasteiger partial charge in [0.15, 0.2) is 0 Å². The second-order valence-corrected chi connectivity index (χ2v) is 6.31. The van der Waals surface area contributed by atoms with E-state index >= 15 is 0 Å². The minimum absolute atomic E-state index is 0.133. The summed E-state index contributed by atoms with van der Waals surface area (Å²) in [6.07, 6.45) is 5.85. The summed E-state index contributed by atoms with van der Waals surface area (Å²) in [7, 11) is 0. The first-order valence-corrected chi connectivity index (χ1v) is 7.92. The number of thioether (sulfide) groups is 1. The third kappa shape index (κ3) is 3.66. The van der Waals surface area contributed by atoms with E-state index in [4.69, 9.17) is 10.5 Å². The van der Waals surface area contributed by atoms with E-state index in [0.29, 0.717) is 10.1 Å². The standard InChI is InChI=1S/C15H20FNO2S/c1-2-19-15(18)11-8-14(12(16)9-13(11)17)20-10-6-4-3-5-7-10/h8-10H,2-7,17H2,1H3. The van der Waals surface area contributed by atoms with Crippen molar-refractivity contribution in [3.05, 3.63) is 23.5 Å². The number of halogens is 1. The molecular weight excluding hydrogens is 277 g/mol. The molecular formula is C15H20FNO2S. The predicted octanol–water partition coefficient (Wildman–Crippen LogP) is 4.01. The molecule has 1 aromatic rings. The number of benzene rings is 1. The van der Waals surface area contributed by atoms with E-state index in [1.165, 1.54) is 43.2 Å². The molecule has 1 saturated carbocycles. The zero-order valence-corrected chi connectivity index (χ0v) is 12.5. The summed E-state index contributed by atoms with van der Waals surface area (Å²) < 4.78 is 18.9. The van der Waals surface area contributed by atoms with Crippen LogP contribution in [0.4, 0.5) is 10.1 Å². The Bertz CT molecular complexity index is 487. The van der Waals surface area contributed by atoms with E-state index in [0.717, 1.165) is 12.8 Å². The molecule has 0 radical (unpaired) electrons. The third-order valence-corrected chi connectivity index (χ3v) is 4.82. The highest BCUT2D eigenvalue weighted by molar-refractivity contribution is 8.00. The lowest BCUT2D eigenvalue weighted by Crippen LogP contribution is -2.11. The number of rotatable bonds is 4. The highest BCUT2D eigenvalue weighted by Crippen LogP contribution is 2.36. The molecule has 20 heavy (non-hydrogen) atoms. The molecule has 1 aromatic carbocycles. The summed E-state index contributed by atoms with van der Waals surface area (Å²) in [5.74, 6) is -0.846.